The summed E-state index contributed by atoms with van der Waals surface area (Å²) >= 11 is 6.23. The van der Waals surface area contributed by atoms with Crippen LogP contribution < -0.4 is 0 Å². The maximum absolute atomic E-state index is 9.47. The van der Waals surface area contributed by atoms with Crippen LogP contribution in [-0.2, 0) is 6.54 Å². The molecule has 0 saturated heterocycles. The van der Waals surface area contributed by atoms with E-state index in [4.69, 9.17) is 11.6 Å². The molecule has 0 unspecified atom stereocenters. The van der Waals surface area contributed by atoms with Crippen LogP contribution in [0.3, 0.4) is 0 Å². The first kappa shape index (κ1) is 11.2. The summed E-state index contributed by atoms with van der Waals surface area (Å²) in [7, 11) is 0. The number of phenolic OH excluding ortho intramolecular Hbond substituents is 1. The van der Waals surface area contributed by atoms with E-state index in [-0.39, 0.29) is 5.75 Å². The van der Waals surface area contributed by atoms with Crippen LogP contribution in [-0.4, -0.2) is 9.67 Å². The van der Waals surface area contributed by atoms with Crippen molar-refractivity contribution in [2.75, 3.05) is 0 Å². The second-order valence-electron chi connectivity index (χ2n) is 4.29. The zero-order chi connectivity index (χ0) is 12.5. The van der Waals surface area contributed by atoms with Gasteiger partial charge in [-0.2, -0.15) is 0 Å². The van der Waals surface area contributed by atoms with E-state index in [0.29, 0.717) is 6.54 Å². The summed E-state index contributed by atoms with van der Waals surface area (Å²) in [5, 5.41) is 11.3. The molecule has 0 radical (unpaired) electrons. The van der Waals surface area contributed by atoms with E-state index in [1.807, 2.05) is 42.6 Å². The Morgan fingerprint density at radius 1 is 1.06 bits per heavy atom. The molecule has 1 N–H and O–H groups in total. The van der Waals surface area contributed by atoms with E-state index in [0.717, 1.165) is 21.5 Å². The fourth-order valence-electron chi connectivity index (χ4n) is 2.20. The molecule has 90 valence electrons. The fourth-order valence-corrected chi connectivity index (χ4v) is 2.49. The number of para-hydroxylation sites is 1. The summed E-state index contributed by atoms with van der Waals surface area (Å²) in [4.78, 5) is 0. The summed E-state index contributed by atoms with van der Waals surface area (Å²) in [6, 6.07) is 15.2. The first-order valence-corrected chi connectivity index (χ1v) is 6.13. The van der Waals surface area contributed by atoms with E-state index in [1.54, 1.807) is 12.1 Å². The monoisotopic (exact) mass is 257 g/mol. The van der Waals surface area contributed by atoms with Gasteiger partial charge in [-0.25, -0.2) is 0 Å². The second-order valence-corrected chi connectivity index (χ2v) is 4.70. The lowest BCUT2D eigenvalue weighted by atomic mass is 10.2. The van der Waals surface area contributed by atoms with Crippen LogP contribution in [0.5, 0.6) is 5.75 Å². The average molecular weight is 258 g/mol. The number of aromatic nitrogens is 1. The first-order valence-electron chi connectivity index (χ1n) is 5.75. The number of hydrogen-bond acceptors (Lipinski definition) is 1. The molecule has 0 aliphatic carbocycles. The Hall–Kier alpha value is -1.93. The van der Waals surface area contributed by atoms with Gasteiger partial charge in [0.05, 0.1) is 10.5 Å². The van der Waals surface area contributed by atoms with Crippen LogP contribution in [0.25, 0.3) is 10.9 Å². The van der Waals surface area contributed by atoms with Gasteiger partial charge in [-0.05, 0) is 29.8 Å². The third-order valence-corrected chi connectivity index (χ3v) is 3.31. The number of nitrogens with zero attached hydrogens (tertiary/aromatic N) is 1. The van der Waals surface area contributed by atoms with Gasteiger partial charge in [0.2, 0.25) is 0 Å². The van der Waals surface area contributed by atoms with Gasteiger partial charge in [0.1, 0.15) is 5.75 Å². The normalized spacial score (nSPS) is 10.9. The molecule has 0 saturated carbocycles. The molecular weight excluding hydrogens is 246 g/mol. The van der Waals surface area contributed by atoms with Gasteiger partial charge >= 0.3 is 0 Å². The van der Waals surface area contributed by atoms with E-state index >= 15 is 0 Å². The minimum atomic E-state index is 0.287. The van der Waals surface area contributed by atoms with Crippen molar-refractivity contribution in [1.29, 1.82) is 0 Å². The van der Waals surface area contributed by atoms with Crippen molar-refractivity contribution in [3.63, 3.8) is 0 Å². The van der Waals surface area contributed by atoms with Gasteiger partial charge in [0.25, 0.3) is 0 Å². The second kappa shape index (κ2) is 4.39. The molecule has 1 aromatic heterocycles. The molecular formula is C15H12ClNO. The third kappa shape index (κ3) is 1.95. The first-order chi connectivity index (χ1) is 8.74. The molecule has 0 atom stereocenters. The highest BCUT2D eigenvalue weighted by molar-refractivity contribution is 6.35. The highest BCUT2D eigenvalue weighted by Crippen LogP contribution is 2.25. The summed E-state index contributed by atoms with van der Waals surface area (Å²) in [6.45, 7) is 0.696. The number of halogens is 1. The van der Waals surface area contributed by atoms with Gasteiger partial charge in [-0.3, -0.25) is 0 Å². The topological polar surface area (TPSA) is 25.2 Å². The number of rotatable bonds is 2. The number of aromatic hydroxyl groups is 1. The molecule has 2 aromatic carbocycles. The minimum absolute atomic E-state index is 0.287. The van der Waals surface area contributed by atoms with Gasteiger partial charge < -0.3 is 9.67 Å². The van der Waals surface area contributed by atoms with Crippen LogP contribution in [0.2, 0.25) is 5.02 Å². The molecule has 0 spiro atoms. The minimum Gasteiger partial charge on any atom is -0.508 e. The quantitative estimate of drug-likeness (QED) is 0.736. The number of phenols is 1. The summed E-state index contributed by atoms with van der Waals surface area (Å²) < 4.78 is 2.09. The Balaban J connectivity index is 2.05. The smallest absolute Gasteiger partial charge is 0.115 e. The number of fused-ring (bicyclic) bond motifs is 1. The van der Waals surface area contributed by atoms with Gasteiger partial charge in [-0.1, -0.05) is 35.9 Å². The van der Waals surface area contributed by atoms with Crippen LogP contribution in [0.15, 0.2) is 54.7 Å². The molecule has 18 heavy (non-hydrogen) atoms. The van der Waals surface area contributed by atoms with Gasteiger partial charge in [0, 0.05) is 18.1 Å². The molecule has 0 fully saturated rings. The standard InChI is InChI=1S/C15H12ClNO/c16-14-6-2-4-12-7-8-17(15(12)14)10-11-3-1-5-13(18)9-11/h1-9,18H,10H2. The molecule has 0 amide bonds. The largest absolute Gasteiger partial charge is 0.508 e. The molecule has 0 aliphatic rings. The zero-order valence-electron chi connectivity index (χ0n) is 9.68. The predicted molar refractivity (Wildman–Crippen MR) is 74.2 cm³/mol. The Morgan fingerprint density at radius 2 is 1.89 bits per heavy atom. The Kier molecular flexibility index (Phi) is 2.73. The maximum atomic E-state index is 9.47. The molecule has 3 aromatic rings. The molecule has 1 heterocycles. The van der Waals surface area contributed by atoms with Gasteiger partial charge in [-0.15, -0.1) is 0 Å². The van der Waals surface area contributed by atoms with Crippen molar-refractivity contribution in [3.8, 4) is 5.75 Å². The van der Waals surface area contributed by atoms with Crippen molar-refractivity contribution in [2.45, 2.75) is 6.54 Å². The van der Waals surface area contributed by atoms with E-state index in [9.17, 15) is 5.11 Å². The maximum Gasteiger partial charge on any atom is 0.115 e. The molecule has 0 bridgehead atoms. The molecule has 0 aliphatic heterocycles. The Morgan fingerprint density at radius 3 is 2.72 bits per heavy atom. The number of benzene rings is 2. The van der Waals surface area contributed by atoms with Crippen LogP contribution in [0.4, 0.5) is 0 Å². The van der Waals surface area contributed by atoms with Gasteiger partial charge in [0.15, 0.2) is 0 Å². The summed E-state index contributed by atoms with van der Waals surface area (Å²) in [5.41, 5.74) is 2.08. The van der Waals surface area contributed by atoms with Crippen molar-refractivity contribution < 1.29 is 5.11 Å². The summed E-state index contributed by atoms with van der Waals surface area (Å²) in [5.74, 6) is 0.287. The van der Waals surface area contributed by atoms with Crippen molar-refractivity contribution >= 4 is 22.5 Å². The van der Waals surface area contributed by atoms with Crippen LogP contribution in [0.1, 0.15) is 5.56 Å². The van der Waals surface area contributed by atoms with E-state index < -0.39 is 0 Å². The fraction of sp³-hybridized carbons (Fsp3) is 0.0667. The predicted octanol–water partition coefficient (Wildman–Crippen LogP) is 4.05. The van der Waals surface area contributed by atoms with Crippen molar-refractivity contribution in [1.82, 2.24) is 4.57 Å². The van der Waals surface area contributed by atoms with Crippen LogP contribution >= 0.6 is 11.6 Å². The van der Waals surface area contributed by atoms with E-state index in [2.05, 4.69) is 4.57 Å². The average Bonchev–Trinajstić information content (AvgIpc) is 2.74. The van der Waals surface area contributed by atoms with Crippen molar-refractivity contribution in [2.24, 2.45) is 0 Å². The Labute approximate surface area is 110 Å². The molecule has 3 rings (SSSR count). The van der Waals surface area contributed by atoms with E-state index in [1.165, 1.54) is 0 Å². The lowest BCUT2D eigenvalue weighted by molar-refractivity contribution is 0.474. The lowest BCUT2D eigenvalue weighted by Gasteiger charge is -2.07. The summed E-state index contributed by atoms with van der Waals surface area (Å²) in [6.07, 6.45) is 2.01. The third-order valence-electron chi connectivity index (χ3n) is 3.00. The zero-order valence-corrected chi connectivity index (χ0v) is 10.4. The SMILES string of the molecule is Oc1cccc(Cn2ccc3cccc(Cl)c32)c1. The van der Waals surface area contributed by atoms with Crippen LogP contribution in [0, 0.1) is 0 Å². The lowest BCUT2D eigenvalue weighted by Crippen LogP contribution is -1.97. The Bertz CT molecular complexity index is 703. The number of hydrogen-bond donors (Lipinski definition) is 1. The van der Waals surface area contributed by atoms with Crippen molar-refractivity contribution in [3.05, 3.63) is 65.3 Å². The molecule has 2 nitrogen and oxygen atoms in total. The highest BCUT2D eigenvalue weighted by atomic mass is 35.5. The molecule has 3 heteroatoms. The highest BCUT2D eigenvalue weighted by Gasteiger charge is 2.05.